The molecule has 0 unspecified atom stereocenters. The number of hydrogen-bond acceptors (Lipinski definition) is 4. The van der Waals surface area contributed by atoms with Gasteiger partial charge in [0.25, 0.3) is 0 Å². The van der Waals surface area contributed by atoms with E-state index in [0.29, 0.717) is 6.42 Å². The van der Waals surface area contributed by atoms with Crippen molar-refractivity contribution in [3.8, 4) is 5.75 Å². The standard InChI is InChI=1S/C16H24N2O3/c1-17(7-8-18-9-11-21-12-10-18)16(19)13-14-5-3-4-6-15(14)20-2/h3-6H,7-13H2,1-2H3. The molecule has 0 atom stereocenters. The Morgan fingerprint density at radius 3 is 2.76 bits per heavy atom. The maximum atomic E-state index is 12.3. The first-order valence-corrected chi connectivity index (χ1v) is 7.36. The Bertz CT molecular complexity index is 459. The van der Waals surface area contributed by atoms with Crippen molar-refractivity contribution in [2.45, 2.75) is 6.42 Å². The second-order valence-electron chi connectivity index (χ2n) is 5.26. The second-order valence-corrected chi connectivity index (χ2v) is 5.26. The van der Waals surface area contributed by atoms with Crippen molar-refractivity contribution >= 4 is 5.91 Å². The van der Waals surface area contributed by atoms with Gasteiger partial charge in [-0.2, -0.15) is 0 Å². The zero-order valence-corrected chi connectivity index (χ0v) is 12.9. The third-order valence-corrected chi connectivity index (χ3v) is 3.82. The van der Waals surface area contributed by atoms with E-state index in [-0.39, 0.29) is 5.91 Å². The third kappa shape index (κ3) is 4.72. The van der Waals surface area contributed by atoms with Gasteiger partial charge in [0.1, 0.15) is 5.75 Å². The highest BCUT2D eigenvalue weighted by molar-refractivity contribution is 5.79. The van der Waals surface area contributed by atoms with Crippen LogP contribution in [0.25, 0.3) is 0 Å². The molecule has 1 aliphatic rings. The van der Waals surface area contributed by atoms with Gasteiger partial charge in [-0.25, -0.2) is 0 Å². The molecule has 0 saturated carbocycles. The highest BCUT2D eigenvalue weighted by atomic mass is 16.5. The Labute approximate surface area is 126 Å². The Balaban J connectivity index is 1.81. The van der Waals surface area contributed by atoms with Crippen molar-refractivity contribution in [3.05, 3.63) is 29.8 Å². The van der Waals surface area contributed by atoms with Crippen LogP contribution in [0.3, 0.4) is 0 Å². The van der Waals surface area contributed by atoms with Gasteiger partial charge >= 0.3 is 0 Å². The van der Waals surface area contributed by atoms with Gasteiger partial charge in [0.05, 0.1) is 26.7 Å². The number of benzene rings is 1. The molecule has 0 aromatic heterocycles. The summed E-state index contributed by atoms with van der Waals surface area (Å²) < 4.78 is 10.6. The van der Waals surface area contributed by atoms with Gasteiger partial charge in [-0.3, -0.25) is 9.69 Å². The van der Waals surface area contributed by atoms with Crippen molar-refractivity contribution in [1.29, 1.82) is 0 Å². The summed E-state index contributed by atoms with van der Waals surface area (Å²) in [5.41, 5.74) is 0.934. The number of carbonyl (C=O) groups excluding carboxylic acids is 1. The fourth-order valence-electron chi connectivity index (χ4n) is 2.39. The number of likely N-dealkylation sites (N-methyl/N-ethyl adjacent to an activating group) is 1. The highest BCUT2D eigenvalue weighted by Crippen LogP contribution is 2.18. The average molecular weight is 292 g/mol. The number of hydrogen-bond donors (Lipinski definition) is 0. The summed E-state index contributed by atoms with van der Waals surface area (Å²) in [5.74, 6) is 0.889. The summed E-state index contributed by atoms with van der Waals surface area (Å²) in [5, 5.41) is 0. The van der Waals surface area contributed by atoms with Crippen molar-refractivity contribution in [2.75, 3.05) is 53.6 Å². The number of morpholine rings is 1. The topological polar surface area (TPSA) is 42.0 Å². The minimum Gasteiger partial charge on any atom is -0.496 e. The van der Waals surface area contributed by atoms with E-state index in [4.69, 9.17) is 9.47 Å². The predicted octanol–water partition coefficient (Wildman–Crippen LogP) is 1.03. The molecule has 1 aliphatic heterocycles. The molecule has 0 spiro atoms. The maximum absolute atomic E-state index is 12.3. The number of rotatable bonds is 6. The lowest BCUT2D eigenvalue weighted by molar-refractivity contribution is -0.129. The molecule has 0 aliphatic carbocycles. The van der Waals surface area contributed by atoms with E-state index < -0.39 is 0 Å². The number of para-hydroxylation sites is 1. The average Bonchev–Trinajstić information content (AvgIpc) is 2.54. The van der Waals surface area contributed by atoms with Crippen LogP contribution in [-0.4, -0.2) is 69.3 Å². The van der Waals surface area contributed by atoms with Crippen molar-refractivity contribution in [3.63, 3.8) is 0 Å². The Hall–Kier alpha value is -1.59. The minimum absolute atomic E-state index is 0.118. The lowest BCUT2D eigenvalue weighted by atomic mass is 10.1. The van der Waals surface area contributed by atoms with E-state index in [1.165, 1.54) is 0 Å². The normalized spacial score (nSPS) is 15.7. The fourth-order valence-corrected chi connectivity index (χ4v) is 2.39. The molecule has 116 valence electrons. The quantitative estimate of drug-likeness (QED) is 0.785. The third-order valence-electron chi connectivity index (χ3n) is 3.82. The van der Waals surface area contributed by atoms with Gasteiger partial charge < -0.3 is 14.4 Å². The summed E-state index contributed by atoms with van der Waals surface area (Å²) in [6.07, 6.45) is 0.379. The monoisotopic (exact) mass is 292 g/mol. The van der Waals surface area contributed by atoms with E-state index in [9.17, 15) is 4.79 Å². The number of amides is 1. The van der Waals surface area contributed by atoms with Crippen molar-refractivity contribution < 1.29 is 14.3 Å². The summed E-state index contributed by atoms with van der Waals surface area (Å²) in [6.45, 7) is 5.13. The molecule has 0 bridgehead atoms. The summed E-state index contributed by atoms with van der Waals surface area (Å²) >= 11 is 0. The van der Waals surface area contributed by atoms with E-state index in [1.54, 1.807) is 12.0 Å². The van der Waals surface area contributed by atoms with E-state index in [0.717, 1.165) is 50.7 Å². The first-order valence-electron chi connectivity index (χ1n) is 7.36. The lowest BCUT2D eigenvalue weighted by Crippen LogP contribution is -2.42. The first kappa shape index (κ1) is 15.8. The lowest BCUT2D eigenvalue weighted by Gasteiger charge is -2.28. The van der Waals surface area contributed by atoms with Gasteiger partial charge in [-0.1, -0.05) is 18.2 Å². The maximum Gasteiger partial charge on any atom is 0.226 e. The summed E-state index contributed by atoms with van der Waals surface area (Å²) in [7, 11) is 3.49. The number of methoxy groups -OCH3 is 1. The molecule has 2 rings (SSSR count). The first-order chi connectivity index (χ1) is 10.2. The summed E-state index contributed by atoms with van der Waals surface area (Å²) in [4.78, 5) is 16.4. The Morgan fingerprint density at radius 1 is 1.33 bits per heavy atom. The smallest absolute Gasteiger partial charge is 0.226 e. The molecule has 0 N–H and O–H groups in total. The van der Waals surface area contributed by atoms with Gasteiger partial charge in [-0.05, 0) is 6.07 Å². The Morgan fingerprint density at radius 2 is 2.05 bits per heavy atom. The van der Waals surface area contributed by atoms with Crippen molar-refractivity contribution in [2.24, 2.45) is 0 Å². The molecule has 1 fully saturated rings. The molecule has 1 heterocycles. The molecule has 5 nitrogen and oxygen atoms in total. The fraction of sp³-hybridized carbons (Fsp3) is 0.562. The molecular formula is C16H24N2O3. The van der Waals surface area contributed by atoms with Crippen LogP contribution >= 0.6 is 0 Å². The minimum atomic E-state index is 0.118. The molecular weight excluding hydrogens is 268 g/mol. The van der Waals surface area contributed by atoms with Crippen molar-refractivity contribution in [1.82, 2.24) is 9.80 Å². The SMILES string of the molecule is COc1ccccc1CC(=O)N(C)CCN1CCOCC1. The van der Waals surface area contributed by atoms with Gasteiger partial charge in [-0.15, -0.1) is 0 Å². The van der Waals surface area contributed by atoms with Crippen LogP contribution in [0.15, 0.2) is 24.3 Å². The molecule has 5 heteroatoms. The molecule has 1 saturated heterocycles. The number of ether oxygens (including phenoxy) is 2. The largest absolute Gasteiger partial charge is 0.496 e. The molecule has 1 aromatic rings. The molecule has 1 aromatic carbocycles. The van der Waals surface area contributed by atoms with Gasteiger partial charge in [0, 0.05) is 38.8 Å². The zero-order valence-electron chi connectivity index (χ0n) is 12.9. The van der Waals surface area contributed by atoms with E-state index in [2.05, 4.69) is 4.90 Å². The molecule has 0 radical (unpaired) electrons. The van der Waals surface area contributed by atoms with Crippen LogP contribution in [0.5, 0.6) is 5.75 Å². The van der Waals surface area contributed by atoms with Crippen LogP contribution in [0.2, 0.25) is 0 Å². The van der Waals surface area contributed by atoms with Crippen LogP contribution in [0.4, 0.5) is 0 Å². The molecule has 21 heavy (non-hydrogen) atoms. The van der Waals surface area contributed by atoms with Crippen LogP contribution in [0.1, 0.15) is 5.56 Å². The Kier molecular flexibility index (Phi) is 6.02. The number of nitrogens with zero attached hydrogens (tertiary/aromatic N) is 2. The van der Waals surface area contributed by atoms with Crippen LogP contribution in [-0.2, 0) is 16.0 Å². The highest BCUT2D eigenvalue weighted by Gasteiger charge is 2.15. The summed E-state index contributed by atoms with van der Waals surface area (Å²) in [6, 6.07) is 7.66. The van der Waals surface area contributed by atoms with Crippen LogP contribution < -0.4 is 4.74 Å². The van der Waals surface area contributed by atoms with Crippen LogP contribution in [0, 0.1) is 0 Å². The second kappa shape index (κ2) is 8.00. The van der Waals surface area contributed by atoms with Gasteiger partial charge in [0.2, 0.25) is 5.91 Å². The predicted molar refractivity (Wildman–Crippen MR) is 81.6 cm³/mol. The van der Waals surface area contributed by atoms with Gasteiger partial charge in [0.15, 0.2) is 0 Å². The van der Waals surface area contributed by atoms with E-state index >= 15 is 0 Å². The zero-order chi connectivity index (χ0) is 15.1. The number of carbonyl (C=O) groups is 1. The molecule has 1 amide bonds. The van der Waals surface area contributed by atoms with E-state index in [1.807, 2.05) is 31.3 Å².